The molecule has 0 fully saturated rings. The number of pyridine rings is 1. The Bertz CT molecular complexity index is 328. The fourth-order valence-electron chi connectivity index (χ4n) is 1.51. The maximum Gasteiger partial charge on any atom is 0.141 e. The van der Waals surface area contributed by atoms with Gasteiger partial charge < -0.3 is 10.6 Å². The minimum Gasteiger partial charge on any atom is -0.315 e. The lowest BCUT2D eigenvalue weighted by Crippen LogP contribution is -2.37. The van der Waals surface area contributed by atoms with Crippen LogP contribution in [0.25, 0.3) is 0 Å². The molecule has 0 aliphatic heterocycles. The highest BCUT2D eigenvalue weighted by Gasteiger charge is 2.02. The molecule has 1 atom stereocenters. The van der Waals surface area contributed by atoms with Crippen LogP contribution in [0.3, 0.4) is 0 Å². The van der Waals surface area contributed by atoms with Gasteiger partial charge in [-0.05, 0) is 31.0 Å². The first-order valence-corrected chi connectivity index (χ1v) is 6.11. The van der Waals surface area contributed by atoms with Gasteiger partial charge in [-0.3, -0.25) is 4.98 Å². The average molecular weight is 239 g/mol. The maximum atomic E-state index is 12.9. The van der Waals surface area contributed by atoms with Gasteiger partial charge in [0, 0.05) is 25.3 Å². The second-order valence-corrected chi connectivity index (χ2v) is 4.85. The van der Waals surface area contributed by atoms with Crippen molar-refractivity contribution in [2.24, 2.45) is 5.92 Å². The third-order valence-electron chi connectivity index (χ3n) is 2.42. The normalized spacial score (nSPS) is 13.0. The number of nitrogens with zero attached hydrogens (tertiary/aromatic N) is 1. The molecule has 0 aromatic carbocycles. The number of rotatable bonds is 7. The van der Waals surface area contributed by atoms with Crippen molar-refractivity contribution in [3.63, 3.8) is 0 Å². The van der Waals surface area contributed by atoms with Crippen LogP contribution in [-0.2, 0) is 6.54 Å². The third-order valence-corrected chi connectivity index (χ3v) is 2.42. The summed E-state index contributed by atoms with van der Waals surface area (Å²) in [6.45, 7) is 9.07. The van der Waals surface area contributed by atoms with Crippen molar-refractivity contribution in [1.29, 1.82) is 0 Å². The monoisotopic (exact) mass is 239 g/mol. The zero-order chi connectivity index (χ0) is 12.7. The van der Waals surface area contributed by atoms with Crippen molar-refractivity contribution >= 4 is 0 Å². The quantitative estimate of drug-likeness (QED) is 0.763. The topological polar surface area (TPSA) is 37.0 Å². The van der Waals surface area contributed by atoms with E-state index in [-0.39, 0.29) is 5.82 Å². The Balaban J connectivity index is 2.21. The first-order valence-electron chi connectivity index (χ1n) is 6.11. The van der Waals surface area contributed by atoms with Gasteiger partial charge in [0.25, 0.3) is 0 Å². The summed E-state index contributed by atoms with van der Waals surface area (Å²) in [5, 5.41) is 6.71. The predicted molar refractivity (Wildman–Crippen MR) is 68.2 cm³/mol. The van der Waals surface area contributed by atoms with E-state index in [0.717, 1.165) is 18.7 Å². The number of hydrogen-bond acceptors (Lipinski definition) is 3. The molecule has 96 valence electrons. The van der Waals surface area contributed by atoms with E-state index in [1.54, 1.807) is 6.20 Å². The van der Waals surface area contributed by atoms with Crippen LogP contribution in [0.2, 0.25) is 0 Å². The van der Waals surface area contributed by atoms with Crippen LogP contribution in [-0.4, -0.2) is 24.1 Å². The molecule has 0 saturated heterocycles. The molecule has 0 bridgehead atoms. The molecular formula is C13H22FN3. The van der Waals surface area contributed by atoms with E-state index < -0.39 is 0 Å². The fourth-order valence-corrected chi connectivity index (χ4v) is 1.51. The van der Waals surface area contributed by atoms with E-state index in [0.29, 0.717) is 18.5 Å². The molecule has 1 aromatic heterocycles. The minimum atomic E-state index is -0.283. The summed E-state index contributed by atoms with van der Waals surface area (Å²) in [5.41, 5.74) is 0.876. The second-order valence-electron chi connectivity index (χ2n) is 4.85. The van der Waals surface area contributed by atoms with E-state index >= 15 is 0 Å². The second kappa shape index (κ2) is 7.35. The van der Waals surface area contributed by atoms with Crippen LogP contribution in [0.5, 0.6) is 0 Å². The highest BCUT2D eigenvalue weighted by molar-refractivity contribution is 5.09. The summed E-state index contributed by atoms with van der Waals surface area (Å²) in [6, 6.07) is 1.87. The Morgan fingerprint density at radius 3 is 2.65 bits per heavy atom. The first-order chi connectivity index (χ1) is 8.08. The zero-order valence-electron chi connectivity index (χ0n) is 10.8. The summed E-state index contributed by atoms with van der Waals surface area (Å²) in [4.78, 5) is 3.82. The van der Waals surface area contributed by atoms with Gasteiger partial charge in [-0.25, -0.2) is 4.39 Å². The van der Waals surface area contributed by atoms with E-state index in [1.807, 2.05) is 0 Å². The Morgan fingerprint density at radius 1 is 1.24 bits per heavy atom. The van der Waals surface area contributed by atoms with E-state index in [9.17, 15) is 4.39 Å². The van der Waals surface area contributed by atoms with E-state index in [4.69, 9.17) is 0 Å². The molecule has 0 aliphatic rings. The molecule has 0 radical (unpaired) electrons. The van der Waals surface area contributed by atoms with Gasteiger partial charge in [-0.15, -0.1) is 0 Å². The van der Waals surface area contributed by atoms with Crippen LogP contribution in [0, 0.1) is 11.7 Å². The molecule has 4 heteroatoms. The molecule has 0 spiro atoms. The zero-order valence-corrected chi connectivity index (χ0v) is 10.8. The highest BCUT2D eigenvalue weighted by atomic mass is 19.1. The van der Waals surface area contributed by atoms with Crippen LogP contribution in [0.4, 0.5) is 4.39 Å². The lowest BCUT2D eigenvalue weighted by Gasteiger charge is -2.15. The van der Waals surface area contributed by atoms with Crippen molar-refractivity contribution in [1.82, 2.24) is 15.6 Å². The number of halogens is 1. The maximum absolute atomic E-state index is 12.9. The number of nitrogens with one attached hydrogen (secondary N) is 2. The van der Waals surface area contributed by atoms with Crippen molar-refractivity contribution in [2.45, 2.75) is 33.4 Å². The third kappa shape index (κ3) is 6.34. The Kier molecular flexibility index (Phi) is 6.08. The van der Waals surface area contributed by atoms with Gasteiger partial charge >= 0.3 is 0 Å². The predicted octanol–water partition coefficient (Wildman–Crippen LogP) is 1.94. The minimum absolute atomic E-state index is 0.283. The van der Waals surface area contributed by atoms with Gasteiger partial charge in [0.05, 0.1) is 6.20 Å². The number of aromatic nitrogens is 1. The van der Waals surface area contributed by atoms with Crippen molar-refractivity contribution in [2.75, 3.05) is 13.1 Å². The molecule has 0 saturated carbocycles. The smallest absolute Gasteiger partial charge is 0.141 e. The van der Waals surface area contributed by atoms with Gasteiger partial charge in [0.1, 0.15) is 5.82 Å². The molecule has 1 rings (SSSR count). The van der Waals surface area contributed by atoms with Gasteiger partial charge in [-0.2, -0.15) is 0 Å². The van der Waals surface area contributed by atoms with Crippen molar-refractivity contribution in [3.05, 3.63) is 29.8 Å². The van der Waals surface area contributed by atoms with E-state index in [2.05, 4.69) is 36.4 Å². The fraction of sp³-hybridized carbons (Fsp3) is 0.615. The molecule has 3 nitrogen and oxygen atoms in total. The molecule has 0 aliphatic carbocycles. The molecular weight excluding hydrogens is 217 g/mol. The molecule has 2 N–H and O–H groups in total. The summed E-state index contributed by atoms with van der Waals surface area (Å²) >= 11 is 0. The SMILES string of the molecule is CC(C)CNCC(C)NCc1cncc(F)c1. The van der Waals surface area contributed by atoms with Gasteiger partial charge in [-0.1, -0.05) is 13.8 Å². The first kappa shape index (κ1) is 14.1. The van der Waals surface area contributed by atoms with E-state index in [1.165, 1.54) is 12.3 Å². The van der Waals surface area contributed by atoms with Crippen LogP contribution in [0.1, 0.15) is 26.3 Å². The Labute approximate surface area is 103 Å². The summed E-state index contributed by atoms with van der Waals surface area (Å²) < 4.78 is 12.9. The Hall–Kier alpha value is -1.00. The summed E-state index contributed by atoms with van der Waals surface area (Å²) in [7, 11) is 0. The highest BCUT2D eigenvalue weighted by Crippen LogP contribution is 2.00. The molecule has 0 amide bonds. The van der Waals surface area contributed by atoms with Crippen LogP contribution >= 0.6 is 0 Å². The summed E-state index contributed by atoms with van der Waals surface area (Å²) in [5.74, 6) is 0.379. The number of hydrogen-bond donors (Lipinski definition) is 2. The molecule has 1 aromatic rings. The van der Waals surface area contributed by atoms with Crippen LogP contribution in [0.15, 0.2) is 18.5 Å². The molecule has 17 heavy (non-hydrogen) atoms. The molecule has 1 heterocycles. The average Bonchev–Trinajstić information content (AvgIpc) is 2.26. The van der Waals surface area contributed by atoms with Crippen molar-refractivity contribution < 1.29 is 4.39 Å². The summed E-state index contributed by atoms with van der Waals surface area (Å²) in [6.07, 6.45) is 2.90. The lowest BCUT2D eigenvalue weighted by atomic mass is 10.2. The van der Waals surface area contributed by atoms with Crippen molar-refractivity contribution in [3.8, 4) is 0 Å². The largest absolute Gasteiger partial charge is 0.315 e. The lowest BCUT2D eigenvalue weighted by molar-refractivity contribution is 0.471. The van der Waals surface area contributed by atoms with Gasteiger partial charge in [0.15, 0.2) is 0 Å². The molecule has 1 unspecified atom stereocenters. The Morgan fingerprint density at radius 2 is 2.00 bits per heavy atom. The van der Waals surface area contributed by atoms with Crippen LogP contribution < -0.4 is 10.6 Å². The van der Waals surface area contributed by atoms with Gasteiger partial charge in [0.2, 0.25) is 0 Å². The standard InChI is InChI=1S/C13H22FN3/c1-10(2)5-15-6-11(3)17-8-12-4-13(14)9-16-7-12/h4,7,9-11,15,17H,5-6,8H2,1-3H3.